The Morgan fingerprint density at radius 1 is 1.12 bits per heavy atom. The predicted molar refractivity (Wildman–Crippen MR) is 204 cm³/mol. The van der Waals surface area contributed by atoms with Gasteiger partial charge < -0.3 is 44.0 Å². The summed E-state index contributed by atoms with van der Waals surface area (Å²) in [6.45, 7) is 5.29. The number of benzene rings is 3. The first-order chi connectivity index (χ1) is 26.9. The smallest absolute Gasteiger partial charge is 0.335 e. The largest absolute Gasteiger partial charge is 0.504 e. The van der Waals surface area contributed by atoms with Crippen molar-refractivity contribution in [2.45, 2.75) is 74.3 Å². The van der Waals surface area contributed by atoms with Crippen LogP contribution >= 0.6 is 11.8 Å². The highest BCUT2D eigenvalue weighted by Gasteiger charge is 2.64. The minimum atomic E-state index is -1.52. The summed E-state index contributed by atoms with van der Waals surface area (Å²) in [4.78, 5) is 32.1. The van der Waals surface area contributed by atoms with E-state index in [2.05, 4.69) is 15.1 Å². The number of esters is 2. The number of nitrogens with one attached hydrogen (secondary N) is 1. The van der Waals surface area contributed by atoms with Crippen molar-refractivity contribution >= 4 is 34.7 Å². The third-order valence-electron chi connectivity index (χ3n) is 12.7. The van der Waals surface area contributed by atoms with Gasteiger partial charge in [0.2, 0.25) is 6.79 Å². The van der Waals surface area contributed by atoms with E-state index >= 15 is 0 Å². The monoisotopic (exact) mass is 784 g/mol. The molecular weight excluding hydrogens is 741 g/mol. The van der Waals surface area contributed by atoms with Crippen molar-refractivity contribution in [3.8, 4) is 28.7 Å². The van der Waals surface area contributed by atoms with Crippen molar-refractivity contribution in [3.05, 3.63) is 75.0 Å². The molecule has 15 heteroatoms. The van der Waals surface area contributed by atoms with Crippen LogP contribution in [0.4, 0.5) is 0 Å². The average molecular weight is 785 g/mol. The standard InChI is InChI=1S/C41H44N4O10S/c1-18-10-21-12-40(49)15-44(4)30(27(21)32(47)33(18)50-5)31-37-29-28(36-35(52-17-53-36)19(2)34(29)54-20(3)46)25(45(31)40)14-51-39(48)41(16-56-37)38-24(11-22(13-42)43-41)23-8-6-7-9-26(23)55-38/h6-10,22,25,30-31,37,43,47,49H,11-17,42H2,1-5H3/t22-,25-,30+,31+,37+,40?,41+/m0/s1. The normalized spacial score (nSPS) is 31.3. The zero-order chi connectivity index (χ0) is 39.0. The number of ether oxygens (including phenoxy) is 5. The van der Waals surface area contributed by atoms with Crippen LogP contribution in [0.1, 0.15) is 69.0 Å². The lowest BCUT2D eigenvalue weighted by molar-refractivity contribution is -0.215. The summed E-state index contributed by atoms with van der Waals surface area (Å²) in [5.74, 6) is 1.17. The Hall–Kier alpha value is -4.51. The van der Waals surface area contributed by atoms with Gasteiger partial charge in [-0.25, -0.2) is 4.79 Å². The highest BCUT2D eigenvalue weighted by atomic mass is 32.2. The fourth-order valence-corrected chi connectivity index (χ4v) is 12.3. The lowest BCUT2D eigenvalue weighted by Crippen LogP contribution is -2.70. The number of piperazine rings is 1. The summed E-state index contributed by atoms with van der Waals surface area (Å²) >= 11 is 1.48. The zero-order valence-electron chi connectivity index (χ0n) is 31.8. The van der Waals surface area contributed by atoms with Crippen molar-refractivity contribution in [2.24, 2.45) is 5.73 Å². The van der Waals surface area contributed by atoms with E-state index in [4.69, 9.17) is 33.8 Å². The Balaban J connectivity index is 1.26. The number of furan rings is 1. The molecule has 0 aliphatic carbocycles. The highest BCUT2D eigenvalue weighted by molar-refractivity contribution is 7.99. The maximum absolute atomic E-state index is 15.0. The number of nitrogens with two attached hydrogens (primary N) is 1. The van der Waals surface area contributed by atoms with Crippen molar-refractivity contribution in [1.82, 2.24) is 15.1 Å². The van der Waals surface area contributed by atoms with Gasteiger partial charge in [0, 0.05) is 77.5 Å². The first kappa shape index (κ1) is 35.9. The van der Waals surface area contributed by atoms with Crippen LogP contribution < -0.4 is 30.0 Å². The molecule has 8 aliphatic rings. The van der Waals surface area contributed by atoms with Crippen LogP contribution in [0.3, 0.4) is 0 Å². The highest BCUT2D eigenvalue weighted by Crippen LogP contribution is 2.65. The maximum atomic E-state index is 15.0. The number of nitrogens with zero attached hydrogens (tertiary/aromatic N) is 2. The van der Waals surface area contributed by atoms with Crippen molar-refractivity contribution < 1.29 is 47.9 Å². The third kappa shape index (κ3) is 4.75. The van der Waals surface area contributed by atoms with Gasteiger partial charge in [-0.05, 0) is 44.5 Å². The molecule has 0 saturated carbocycles. The summed E-state index contributed by atoms with van der Waals surface area (Å²) < 4.78 is 37.3. The first-order valence-corrected chi connectivity index (χ1v) is 20.0. The van der Waals surface area contributed by atoms with Crippen LogP contribution in [0.15, 0.2) is 34.7 Å². The molecule has 294 valence electrons. The van der Waals surface area contributed by atoms with Gasteiger partial charge in [-0.15, -0.1) is 11.8 Å². The number of phenolic OH excluding ortho intramolecular Hbond substituents is 1. The second kappa shape index (κ2) is 12.5. The molecule has 1 spiro atoms. The Bertz CT molecular complexity index is 2370. The molecule has 56 heavy (non-hydrogen) atoms. The van der Waals surface area contributed by atoms with Crippen LogP contribution in [0, 0.1) is 13.8 Å². The molecule has 4 aromatic rings. The number of rotatable bonds is 3. The molecule has 2 fully saturated rings. The molecule has 12 rings (SSSR count). The second-order valence-electron chi connectivity index (χ2n) is 15.9. The van der Waals surface area contributed by atoms with E-state index in [-0.39, 0.29) is 50.5 Å². The number of hydrogen-bond acceptors (Lipinski definition) is 15. The number of likely N-dealkylation sites (N-methyl/N-ethyl adjacent to an activating group) is 1. The number of thioether (sulfide) groups is 1. The minimum Gasteiger partial charge on any atom is -0.504 e. The van der Waals surface area contributed by atoms with Gasteiger partial charge in [-0.3, -0.25) is 19.9 Å². The quantitative estimate of drug-likeness (QED) is 0.174. The minimum absolute atomic E-state index is 0.0141. The van der Waals surface area contributed by atoms with Crippen LogP contribution in [-0.2, 0) is 32.7 Å². The SMILES string of the molecule is COc1c(C)cc2c(c1O)[C@@H]1[C@@H]3[C@@H]4SC[C@]5(N[C@H](CN)Cc6c5oc5ccccc65)C(=O)OC[C@@H](c5c6c(c(C)c(OC(C)=O)c54)OCO6)N3C(O)(C2)CN1C. The van der Waals surface area contributed by atoms with Crippen LogP contribution in [0.5, 0.6) is 28.7 Å². The summed E-state index contributed by atoms with van der Waals surface area (Å²) in [5.41, 5.74) is 9.04. The number of aromatic hydroxyl groups is 1. The van der Waals surface area contributed by atoms with Gasteiger partial charge in [0.15, 0.2) is 28.5 Å². The number of para-hydroxylation sites is 1. The van der Waals surface area contributed by atoms with E-state index in [0.717, 1.165) is 22.1 Å². The number of aliphatic hydroxyl groups is 1. The molecule has 9 heterocycles. The summed E-state index contributed by atoms with van der Waals surface area (Å²) in [5, 5.41) is 29.2. The number of phenols is 1. The van der Waals surface area contributed by atoms with Crippen LogP contribution in [0.25, 0.3) is 11.0 Å². The molecule has 8 aliphatic heterocycles. The summed E-state index contributed by atoms with van der Waals surface area (Å²) in [7, 11) is 3.48. The molecule has 0 amide bonds. The lowest BCUT2D eigenvalue weighted by Gasteiger charge is -2.60. The summed E-state index contributed by atoms with van der Waals surface area (Å²) in [6, 6.07) is 7.56. The van der Waals surface area contributed by atoms with Gasteiger partial charge in [0.1, 0.15) is 29.4 Å². The van der Waals surface area contributed by atoms with Crippen molar-refractivity contribution in [3.63, 3.8) is 0 Å². The third-order valence-corrected chi connectivity index (χ3v) is 14.2. The van der Waals surface area contributed by atoms with E-state index in [9.17, 15) is 19.8 Å². The zero-order valence-corrected chi connectivity index (χ0v) is 32.6. The Morgan fingerprint density at radius 3 is 2.68 bits per heavy atom. The number of fused-ring (bicyclic) bond motifs is 8. The Labute approximate surface area is 327 Å². The second-order valence-corrected chi connectivity index (χ2v) is 17.1. The predicted octanol–water partition coefficient (Wildman–Crippen LogP) is 3.77. The Kier molecular flexibility index (Phi) is 8.00. The van der Waals surface area contributed by atoms with E-state index in [1.54, 1.807) is 0 Å². The van der Waals surface area contributed by atoms with Gasteiger partial charge in [-0.1, -0.05) is 24.3 Å². The number of aryl methyl sites for hydroxylation is 1. The fraction of sp³-hybridized carbons (Fsp3) is 0.463. The molecule has 2 unspecified atom stereocenters. The Morgan fingerprint density at radius 2 is 1.91 bits per heavy atom. The molecule has 2 saturated heterocycles. The van der Waals surface area contributed by atoms with Crippen LogP contribution in [0.2, 0.25) is 0 Å². The molecule has 8 atom stereocenters. The number of carbonyl (C=O) groups is 2. The number of methoxy groups -OCH3 is 1. The van der Waals surface area contributed by atoms with E-state index < -0.39 is 46.6 Å². The fourth-order valence-electron chi connectivity index (χ4n) is 10.7. The molecule has 0 radical (unpaired) electrons. The van der Waals surface area contributed by atoms with E-state index in [1.807, 2.05) is 51.2 Å². The topological polar surface area (TPSA) is 178 Å². The summed E-state index contributed by atoms with van der Waals surface area (Å²) in [6.07, 6.45) is 0.730. The first-order valence-electron chi connectivity index (χ1n) is 18.9. The lowest BCUT2D eigenvalue weighted by atomic mass is 9.78. The number of hydrogen-bond donors (Lipinski definition) is 4. The van der Waals surface area contributed by atoms with E-state index in [1.165, 1.54) is 25.8 Å². The van der Waals surface area contributed by atoms with Crippen molar-refractivity contribution in [1.29, 1.82) is 0 Å². The van der Waals surface area contributed by atoms with Gasteiger partial charge in [-0.2, -0.15) is 0 Å². The van der Waals surface area contributed by atoms with Crippen LogP contribution in [-0.4, -0.2) is 96.2 Å². The van der Waals surface area contributed by atoms with E-state index in [0.29, 0.717) is 63.0 Å². The number of carbonyl (C=O) groups excluding carboxylic acids is 2. The molecule has 1 aromatic heterocycles. The van der Waals surface area contributed by atoms with Gasteiger partial charge >= 0.3 is 11.9 Å². The molecular formula is C41H44N4O10S. The molecule has 5 N–H and O–H groups in total. The molecule has 3 aromatic carbocycles. The van der Waals surface area contributed by atoms with Gasteiger partial charge in [0.25, 0.3) is 0 Å². The van der Waals surface area contributed by atoms with Gasteiger partial charge in [0.05, 0.1) is 24.4 Å². The van der Waals surface area contributed by atoms with Crippen molar-refractivity contribution in [2.75, 3.05) is 46.4 Å². The molecule has 4 bridgehead atoms. The average Bonchev–Trinajstić information content (AvgIpc) is 3.76. The molecule has 14 nitrogen and oxygen atoms in total. The maximum Gasteiger partial charge on any atom is 0.335 e.